The lowest BCUT2D eigenvalue weighted by Gasteiger charge is -2.39. The topological polar surface area (TPSA) is 83.1 Å². The molecule has 1 aliphatic carbocycles. The predicted octanol–water partition coefficient (Wildman–Crippen LogP) is 3.68. The van der Waals surface area contributed by atoms with Crippen molar-refractivity contribution in [3.8, 4) is 0 Å². The zero-order chi connectivity index (χ0) is 20.6. The first-order valence-corrected chi connectivity index (χ1v) is 12.4. The lowest BCUT2D eigenvalue weighted by atomic mass is 9.77. The average Bonchev–Trinajstić information content (AvgIpc) is 3.38. The van der Waals surface area contributed by atoms with Gasteiger partial charge < -0.3 is 4.90 Å². The molecule has 1 saturated heterocycles. The quantitative estimate of drug-likeness (QED) is 0.793. The Balaban J connectivity index is 1.61. The van der Waals surface area contributed by atoms with E-state index >= 15 is 0 Å². The lowest BCUT2D eigenvalue weighted by Crippen LogP contribution is -2.49. The highest BCUT2D eigenvalue weighted by Gasteiger charge is 2.46. The van der Waals surface area contributed by atoms with Crippen LogP contribution in [0.15, 0.2) is 35.4 Å². The number of benzene rings is 1. The Morgan fingerprint density at radius 2 is 1.90 bits per heavy atom. The molecule has 29 heavy (non-hydrogen) atoms. The fourth-order valence-corrected chi connectivity index (χ4v) is 5.93. The van der Waals surface area contributed by atoms with E-state index in [0.717, 1.165) is 44.1 Å². The van der Waals surface area contributed by atoms with E-state index in [2.05, 4.69) is 10.2 Å². The summed E-state index contributed by atoms with van der Waals surface area (Å²) >= 11 is 6.07. The van der Waals surface area contributed by atoms with Crippen LogP contribution >= 0.6 is 11.6 Å². The number of nitrogens with zero attached hydrogens (tertiary/aromatic N) is 2. The van der Waals surface area contributed by atoms with Crippen LogP contribution in [-0.2, 0) is 20.0 Å². The van der Waals surface area contributed by atoms with Gasteiger partial charge >= 0.3 is 0 Å². The third-order valence-electron chi connectivity index (χ3n) is 6.41. The van der Waals surface area contributed by atoms with Gasteiger partial charge in [-0.15, -0.1) is 0 Å². The third-order valence-corrected chi connectivity index (χ3v) is 7.79. The fourth-order valence-electron chi connectivity index (χ4n) is 4.95. The number of hydrogen-bond acceptors (Lipinski definition) is 4. The van der Waals surface area contributed by atoms with Gasteiger partial charge in [0.05, 0.1) is 17.3 Å². The summed E-state index contributed by atoms with van der Waals surface area (Å²) in [5.41, 5.74) is 1.15. The summed E-state index contributed by atoms with van der Waals surface area (Å²) in [5.74, 6) is 0.103. The van der Waals surface area contributed by atoms with Gasteiger partial charge in [0.1, 0.15) is 4.90 Å². The molecule has 6 nitrogen and oxygen atoms in total. The first-order valence-electron chi connectivity index (χ1n) is 10.1. The highest BCUT2D eigenvalue weighted by molar-refractivity contribution is 7.90. The molecule has 1 unspecified atom stereocenters. The molecule has 4 rings (SSSR count). The Kier molecular flexibility index (Phi) is 5.46. The number of aromatic amines is 1. The molecule has 0 spiro atoms. The molecule has 1 N–H and O–H groups in total. The van der Waals surface area contributed by atoms with Gasteiger partial charge in [-0.3, -0.25) is 9.89 Å². The highest BCUT2D eigenvalue weighted by Crippen LogP contribution is 2.44. The van der Waals surface area contributed by atoms with E-state index in [1.807, 2.05) is 29.2 Å². The van der Waals surface area contributed by atoms with E-state index in [-0.39, 0.29) is 16.7 Å². The van der Waals surface area contributed by atoms with Crippen LogP contribution in [0, 0.1) is 0 Å². The van der Waals surface area contributed by atoms with E-state index in [0.29, 0.717) is 23.8 Å². The average molecular weight is 436 g/mol. The number of piperidine rings is 1. The van der Waals surface area contributed by atoms with Gasteiger partial charge in [-0.2, -0.15) is 5.10 Å². The molecule has 8 heteroatoms. The zero-order valence-electron chi connectivity index (χ0n) is 16.5. The Morgan fingerprint density at radius 3 is 2.55 bits per heavy atom. The molecule has 1 atom stereocenters. The first kappa shape index (κ1) is 20.4. The number of rotatable bonds is 4. The van der Waals surface area contributed by atoms with E-state index in [4.69, 9.17) is 11.6 Å². The van der Waals surface area contributed by atoms with Crippen LogP contribution in [0.1, 0.15) is 55.7 Å². The standard InChI is InChI=1S/C21H26ClN3O3S/c1-29(27,28)18-13-23-24-19(18)15-5-4-12-25(14-15)20(26)21(10-2-3-11-21)16-6-8-17(22)9-7-16/h6-9,13,15H,2-5,10-12,14H2,1H3,(H,23,24). The Bertz CT molecular complexity index is 994. The molecule has 2 aliphatic rings. The van der Waals surface area contributed by atoms with Crippen LogP contribution in [0.25, 0.3) is 0 Å². The van der Waals surface area contributed by atoms with Crippen molar-refractivity contribution >= 4 is 27.3 Å². The number of carbonyl (C=O) groups excluding carboxylic acids is 1. The molecule has 0 bridgehead atoms. The molecule has 1 aliphatic heterocycles. The van der Waals surface area contributed by atoms with Crippen molar-refractivity contribution < 1.29 is 13.2 Å². The third kappa shape index (κ3) is 3.82. The van der Waals surface area contributed by atoms with E-state index in [9.17, 15) is 13.2 Å². The number of sulfone groups is 1. The second kappa shape index (κ2) is 7.76. The number of amides is 1. The van der Waals surface area contributed by atoms with Crippen LogP contribution < -0.4 is 0 Å². The predicted molar refractivity (Wildman–Crippen MR) is 112 cm³/mol. The van der Waals surface area contributed by atoms with Gasteiger partial charge in [0, 0.05) is 30.3 Å². The summed E-state index contributed by atoms with van der Waals surface area (Å²) in [7, 11) is -3.36. The highest BCUT2D eigenvalue weighted by atomic mass is 35.5. The molecule has 2 fully saturated rings. The molecule has 2 heterocycles. The summed E-state index contributed by atoms with van der Waals surface area (Å²) in [6, 6.07) is 7.66. The van der Waals surface area contributed by atoms with Crippen LogP contribution in [0.3, 0.4) is 0 Å². The number of carbonyl (C=O) groups is 1. The number of hydrogen-bond donors (Lipinski definition) is 1. The van der Waals surface area contributed by atoms with Crippen LogP contribution in [0.5, 0.6) is 0 Å². The molecule has 1 amide bonds. The van der Waals surface area contributed by atoms with E-state index in [1.165, 1.54) is 12.5 Å². The van der Waals surface area contributed by atoms with Crippen molar-refractivity contribution in [3.05, 3.63) is 46.7 Å². The van der Waals surface area contributed by atoms with Gasteiger partial charge in [-0.25, -0.2) is 8.42 Å². The smallest absolute Gasteiger partial charge is 0.233 e. The minimum atomic E-state index is -3.36. The van der Waals surface area contributed by atoms with Crippen molar-refractivity contribution in [1.29, 1.82) is 0 Å². The molecule has 1 aromatic carbocycles. The molecular formula is C21H26ClN3O3S. The van der Waals surface area contributed by atoms with Crippen molar-refractivity contribution in [3.63, 3.8) is 0 Å². The Labute approximate surface area is 176 Å². The van der Waals surface area contributed by atoms with Gasteiger partial charge in [0.15, 0.2) is 9.84 Å². The van der Waals surface area contributed by atoms with Gasteiger partial charge in [-0.05, 0) is 43.4 Å². The zero-order valence-corrected chi connectivity index (χ0v) is 18.1. The number of H-pyrrole nitrogens is 1. The molecule has 156 valence electrons. The minimum absolute atomic E-state index is 0.0522. The Morgan fingerprint density at radius 1 is 1.21 bits per heavy atom. The molecule has 2 aromatic rings. The normalized spacial score (nSPS) is 22.0. The van der Waals surface area contributed by atoms with Crippen molar-refractivity contribution in [2.24, 2.45) is 0 Å². The minimum Gasteiger partial charge on any atom is -0.341 e. The van der Waals surface area contributed by atoms with Gasteiger partial charge in [0.2, 0.25) is 5.91 Å². The first-order chi connectivity index (χ1) is 13.8. The van der Waals surface area contributed by atoms with Crippen molar-refractivity contribution in [2.45, 2.75) is 54.8 Å². The Hall–Kier alpha value is -1.86. The van der Waals surface area contributed by atoms with Gasteiger partial charge in [-0.1, -0.05) is 36.6 Å². The second-order valence-corrected chi connectivity index (χ2v) is 10.7. The lowest BCUT2D eigenvalue weighted by molar-refractivity contribution is -0.138. The summed E-state index contributed by atoms with van der Waals surface area (Å²) in [6.45, 7) is 1.21. The van der Waals surface area contributed by atoms with Crippen molar-refractivity contribution in [1.82, 2.24) is 15.1 Å². The summed E-state index contributed by atoms with van der Waals surface area (Å²) < 4.78 is 24.2. The number of nitrogens with one attached hydrogen (secondary N) is 1. The maximum Gasteiger partial charge on any atom is 0.233 e. The molecule has 1 aromatic heterocycles. The van der Waals surface area contributed by atoms with Crippen LogP contribution in [0.2, 0.25) is 5.02 Å². The number of aromatic nitrogens is 2. The second-order valence-electron chi connectivity index (χ2n) is 8.31. The van der Waals surface area contributed by atoms with E-state index < -0.39 is 15.3 Å². The monoisotopic (exact) mass is 435 g/mol. The van der Waals surface area contributed by atoms with Crippen LogP contribution in [0.4, 0.5) is 0 Å². The summed E-state index contributed by atoms with van der Waals surface area (Å²) in [5, 5.41) is 7.50. The molecular weight excluding hydrogens is 410 g/mol. The number of halogens is 1. The maximum absolute atomic E-state index is 13.8. The largest absolute Gasteiger partial charge is 0.341 e. The van der Waals surface area contributed by atoms with Gasteiger partial charge in [0.25, 0.3) is 0 Å². The number of likely N-dealkylation sites (tertiary alicyclic amines) is 1. The SMILES string of the molecule is CS(=O)(=O)c1cn[nH]c1C1CCCN(C(=O)C2(c3ccc(Cl)cc3)CCCC2)C1. The molecule has 0 radical (unpaired) electrons. The fraction of sp³-hybridized carbons (Fsp3) is 0.524. The van der Waals surface area contributed by atoms with Crippen molar-refractivity contribution in [2.75, 3.05) is 19.3 Å². The van der Waals surface area contributed by atoms with Crippen LogP contribution in [-0.4, -0.2) is 48.8 Å². The molecule has 1 saturated carbocycles. The summed E-state index contributed by atoms with van der Waals surface area (Å²) in [4.78, 5) is 15.9. The summed E-state index contributed by atoms with van der Waals surface area (Å²) in [6.07, 6.45) is 7.99. The maximum atomic E-state index is 13.8. The van der Waals surface area contributed by atoms with E-state index in [1.54, 1.807) is 0 Å².